The topological polar surface area (TPSA) is 50.4 Å². The molecular formula is C18H24N2O2. The molecule has 0 atom stereocenters. The fourth-order valence-corrected chi connectivity index (χ4v) is 2.26. The van der Waals surface area contributed by atoms with Crippen molar-refractivity contribution in [3.63, 3.8) is 0 Å². The quantitative estimate of drug-likeness (QED) is 0.652. The van der Waals surface area contributed by atoms with Gasteiger partial charge in [-0.05, 0) is 57.0 Å². The van der Waals surface area contributed by atoms with Gasteiger partial charge in [-0.1, -0.05) is 17.9 Å². The lowest BCUT2D eigenvalue weighted by Crippen LogP contribution is -2.32. The van der Waals surface area contributed by atoms with Crippen molar-refractivity contribution < 1.29 is 9.53 Å². The molecule has 2 rings (SSSR count). The molecule has 0 saturated carbocycles. The molecule has 2 N–H and O–H groups in total. The Kier molecular flexibility index (Phi) is 5.46. The summed E-state index contributed by atoms with van der Waals surface area (Å²) < 4.78 is 5.16. The van der Waals surface area contributed by atoms with Gasteiger partial charge in [-0.3, -0.25) is 0 Å². The number of nitrogens with one attached hydrogen (secondary N) is 2. The number of amides is 1. The summed E-state index contributed by atoms with van der Waals surface area (Å²) in [7, 11) is 0. The van der Waals surface area contributed by atoms with Crippen LogP contribution in [0.1, 0.15) is 43.9 Å². The van der Waals surface area contributed by atoms with Gasteiger partial charge in [0, 0.05) is 25.1 Å². The summed E-state index contributed by atoms with van der Waals surface area (Å²) in [6.45, 7) is 8.00. The highest BCUT2D eigenvalue weighted by Gasteiger charge is 2.15. The van der Waals surface area contributed by atoms with Gasteiger partial charge in [0.15, 0.2) is 0 Å². The van der Waals surface area contributed by atoms with E-state index in [1.807, 2.05) is 20.8 Å². The van der Waals surface area contributed by atoms with Crippen molar-refractivity contribution in [3.05, 3.63) is 34.9 Å². The molecule has 0 fully saturated rings. The summed E-state index contributed by atoms with van der Waals surface area (Å²) >= 11 is 0. The van der Waals surface area contributed by atoms with Crippen molar-refractivity contribution in [1.29, 1.82) is 0 Å². The second-order valence-electron chi connectivity index (χ2n) is 6.39. The van der Waals surface area contributed by atoms with Gasteiger partial charge in [0.05, 0.1) is 0 Å². The second-order valence-corrected chi connectivity index (χ2v) is 6.39. The van der Waals surface area contributed by atoms with Crippen molar-refractivity contribution >= 4 is 6.09 Å². The summed E-state index contributed by atoms with van der Waals surface area (Å²) in [5.74, 6) is 6.23. The molecule has 1 aromatic carbocycles. The maximum atomic E-state index is 11.5. The van der Waals surface area contributed by atoms with E-state index in [1.54, 1.807) is 0 Å². The summed E-state index contributed by atoms with van der Waals surface area (Å²) in [6, 6.07) is 6.38. The summed E-state index contributed by atoms with van der Waals surface area (Å²) in [5, 5.41) is 6.07. The molecule has 0 aliphatic carbocycles. The first-order chi connectivity index (χ1) is 10.4. The van der Waals surface area contributed by atoms with E-state index in [0.717, 1.165) is 25.1 Å². The monoisotopic (exact) mass is 300 g/mol. The number of ether oxygens (including phenoxy) is 1. The largest absolute Gasteiger partial charge is 0.444 e. The van der Waals surface area contributed by atoms with Crippen LogP contribution in [0.15, 0.2) is 18.2 Å². The van der Waals surface area contributed by atoms with Crippen LogP contribution in [0.5, 0.6) is 0 Å². The number of hydrogen-bond donors (Lipinski definition) is 2. The first-order valence-corrected chi connectivity index (χ1v) is 7.72. The average molecular weight is 300 g/mol. The molecule has 1 aliphatic rings. The van der Waals surface area contributed by atoms with E-state index >= 15 is 0 Å². The van der Waals surface area contributed by atoms with Gasteiger partial charge in [-0.25, -0.2) is 4.79 Å². The van der Waals surface area contributed by atoms with Crippen LogP contribution < -0.4 is 10.6 Å². The number of benzene rings is 1. The maximum Gasteiger partial charge on any atom is 0.407 e. The first-order valence-electron chi connectivity index (χ1n) is 7.72. The Hall–Kier alpha value is -1.99. The molecule has 0 aromatic heterocycles. The van der Waals surface area contributed by atoms with Crippen LogP contribution in [-0.4, -0.2) is 24.8 Å². The number of hydrogen-bond acceptors (Lipinski definition) is 3. The summed E-state index contributed by atoms with van der Waals surface area (Å²) in [6.07, 6.45) is 1.30. The predicted octanol–water partition coefficient (Wildman–Crippen LogP) is 2.60. The maximum absolute atomic E-state index is 11.5. The lowest BCUT2D eigenvalue weighted by Gasteiger charge is -2.19. The normalized spacial score (nSPS) is 13.6. The Labute approximate surface area is 132 Å². The van der Waals surface area contributed by atoms with Crippen LogP contribution in [0.25, 0.3) is 0 Å². The van der Waals surface area contributed by atoms with E-state index in [-0.39, 0.29) is 0 Å². The molecule has 22 heavy (non-hydrogen) atoms. The number of carbonyl (C=O) groups excluding carboxylic acids is 1. The van der Waals surface area contributed by atoms with E-state index in [0.29, 0.717) is 13.0 Å². The van der Waals surface area contributed by atoms with Crippen molar-refractivity contribution in [3.8, 4) is 11.8 Å². The molecular weight excluding hydrogens is 276 g/mol. The smallest absolute Gasteiger partial charge is 0.407 e. The Morgan fingerprint density at radius 3 is 2.95 bits per heavy atom. The van der Waals surface area contributed by atoms with E-state index in [4.69, 9.17) is 4.74 Å². The third kappa shape index (κ3) is 5.42. The van der Waals surface area contributed by atoms with Crippen LogP contribution in [0.4, 0.5) is 4.79 Å². The molecule has 1 aliphatic heterocycles. The Morgan fingerprint density at radius 2 is 2.18 bits per heavy atom. The van der Waals surface area contributed by atoms with Crippen molar-refractivity contribution in [2.75, 3.05) is 13.1 Å². The highest BCUT2D eigenvalue weighted by atomic mass is 16.6. The van der Waals surface area contributed by atoms with E-state index in [1.165, 1.54) is 11.1 Å². The number of fused-ring (bicyclic) bond motifs is 1. The zero-order chi connectivity index (χ0) is 16.0. The van der Waals surface area contributed by atoms with Crippen LogP contribution >= 0.6 is 0 Å². The minimum Gasteiger partial charge on any atom is -0.444 e. The molecule has 1 aromatic rings. The third-order valence-corrected chi connectivity index (χ3v) is 3.24. The van der Waals surface area contributed by atoms with Gasteiger partial charge in [0.2, 0.25) is 0 Å². The summed E-state index contributed by atoms with van der Waals surface area (Å²) in [4.78, 5) is 11.5. The van der Waals surface area contributed by atoms with Crippen molar-refractivity contribution in [2.45, 2.75) is 45.8 Å². The van der Waals surface area contributed by atoms with E-state index < -0.39 is 11.7 Å². The molecule has 1 heterocycles. The zero-order valence-electron chi connectivity index (χ0n) is 13.6. The molecule has 0 spiro atoms. The van der Waals surface area contributed by atoms with Gasteiger partial charge in [0.25, 0.3) is 0 Å². The third-order valence-electron chi connectivity index (χ3n) is 3.24. The zero-order valence-corrected chi connectivity index (χ0v) is 13.6. The van der Waals surface area contributed by atoms with E-state index in [9.17, 15) is 4.79 Å². The van der Waals surface area contributed by atoms with Crippen LogP contribution in [0.2, 0.25) is 0 Å². The van der Waals surface area contributed by atoms with Crippen LogP contribution in [0, 0.1) is 11.8 Å². The van der Waals surface area contributed by atoms with Crippen LogP contribution in [-0.2, 0) is 17.7 Å². The average Bonchev–Trinajstić information content (AvgIpc) is 2.45. The lowest BCUT2D eigenvalue weighted by molar-refractivity contribution is 0.0529. The van der Waals surface area contributed by atoms with Gasteiger partial charge in [-0.2, -0.15) is 0 Å². The molecule has 1 amide bonds. The lowest BCUT2D eigenvalue weighted by atomic mass is 9.99. The number of alkyl carbamates (subject to hydrolysis) is 1. The Balaban J connectivity index is 1.78. The molecule has 4 nitrogen and oxygen atoms in total. The first kappa shape index (κ1) is 16.4. The predicted molar refractivity (Wildman–Crippen MR) is 87.6 cm³/mol. The Bertz CT molecular complexity index is 591. The molecule has 0 unspecified atom stereocenters. The molecule has 118 valence electrons. The van der Waals surface area contributed by atoms with Gasteiger partial charge >= 0.3 is 6.09 Å². The fourth-order valence-electron chi connectivity index (χ4n) is 2.26. The minimum absolute atomic E-state index is 0.394. The minimum atomic E-state index is -0.465. The molecule has 0 bridgehead atoms. The molecule has 0 saturated heterocycles. The second kappa shape index (κ2) is 7.33. The molecule has 4 heteroatoms. The summed E-state index contributed by atoms with van der Waals surface area (Å²) in [5.41, 5.74) is 3.31. The van der Waals surface area contributed by atoms with Gasteiger partial charge < -0.3 is 15.4 Å². The number of rotatable bonds is 2. The van der Waals surface area contributed by atoms with Crippen molar-refractivity contribution in [1.82, 2.24) is 10.6 Å². The highest BCUT2D eigenvalue weighted by molar-refractivity contribution is 5.67. The number of carbonyl (C=O) groups is 1. The van der Waals surface area contributed by atoms with Crippen LogP contribution in [0.3, 0.4) is 0 Å². The standard InChI is InChI=1S/C18H24N2O2/c1-18(2,3)22-17(21)20-10-5-4-6-14-7-8-15-9-11-19-13-16(15)12-14/h7-8,12,19H,5,9-11,13H2,1-3H3,(H,20,21). The fraction of sp³-hybridized carbons (Fsp3) is 0.500. The Morgan fingerprint density at radius 1 is 1.36 bits per heavy atom. The molecule has 0 radical (unpaired) electrons. The SMILES string of the molecule is CC(C)(C)OC(=O)NCCC#Cc1ccc2c(c1)CNCC2. The van der Waals surface area contributed by atoms with Crippen molar-refractivity contribution in [2.24, 2.45) is 0 Å². The van der Waals surface area contributed by atoms with Gasteiger partial charge in [0.1, 0.15) is 5.60 Å². The highest BCUT2D eigenvalue weighted by Crippen LogP contribution is 2.15. The van der Waals surface area contributed by atoms with E-state index in [2.05, 4.69) is 40.7 Å². The van der Waals surface area contributed by atoms with Gasteiger partial charge in [-0.15, -0.1) is 0 Å².